The first-order valence-electron chi connectivity index (χ1n) is 5.70. The van der Waals surface area contributed by atoms with E-state index in [2.05, 4.69) is 10.3 Å². The molecule has 0 saturated heterocycles. The Kier molecular flexibility index (Phi) is 4.06. The van der Waals surface area contributed by atoms with Crippen molar-refractivity contribution in [1.29, 1.82) is 0 Å². The molecule has 1 aromatic rings. The zero-order chi connectivity index (χ0) is 12.3. The number of hydrogen-bond acceptors (Lipinski definition) is 5. The van der Waals surface area contributed by atoms with Gasteiger partial charge in [-0.05, 0) is 26.2 Å². The van der Waals surface area contributed by atoms with Gasteiger partial charge in [0.25, 0.3) is 0 Å². The zero-order valence-electron chi connectivity index (χ0n) is 9.81. The van der Waals surface area contributed by atoms with Crippen LogP contribution in [0.2, 0.25) is 0 Å². The summed E-state index contributed by atoms with van der Waals surface area (Å²) in [6.07, 6.45) is 4.84. The molecule has 1 atom stereocenters. The number of amides is 1. The average molecular weight is 271 g/mol. The summed E-state index contributed by atoms with van der Waals surface area (Å²) in [6.45, 7) is 1.90. The molecule has 0 aliphatic heterocycles. The van der Waals surface area contributed by atoms with Gasteiger partial charge in [0.15, 0.2) is 0 Å². The molecule has 4 nitrogen and oxygen atoms in total. The SMILES string of the molecule is CC(CCSc1nccs1)(NC1CC1)C(N)=O. The molecule has 1 aliphatic carbocycles. The third-order valence-electron chi connectivity index (χ3n) is 2.88. The van der Waals surface area contributed by atoms with Crippen molar-refractivity contribution in [3.05, 3.63) is 11.6 Å². The monoisotopic (exact) mass is 271 g/mol. The lowest BCUT2D eigenvalue weighted by atomic mass is 9.98. The molecule has 0 aromatic carbocycles. The number of carbonyl (C=O) groups is 1. The molecule has 1 amide bonds. The molecule has 0 spiro atoms. The number of nitrogens with one attached hydrogen (secondary N) is 1. The number of aromatic nitrogens is 1. The fraction of sp³-hybridized carbons (Fsp3) is 0.636. The van der Waals surface area contributed by atoms with Gasteiger partial charge in [-0.2, -0.15) is 0 Å². The minimum Gasteiger partial charge on any atom is -0.368 e. The molecule has 1 aromatic heterocycles. The maximum Gasteiger partial charge on any atom is 0.237 e. The molecule has 0 radical (unpaired) electrons. The topological polar surface area (TPSA) is 68.0 Å². The van der Waals surface area contributed by atoms with Crippen molar-refractivity contribution in [1.82, 2.24) is 10.3 Å². The van der Waals surface area contributed by atoms with E-state index in [-0.39, 0.29) is 5.91 Å². The minimum absolute atomic E-state index is 0.260. The van der Waals surface area contributed by atoms with Crippen LogP contribution in [-0.4, -0.2) is 28.2 Å². The van der Waals surface area contributed by atoms with Crippen LogP contribution in [0, 0.1) is 0 Å². The fourth-order valence-corrected chi connectivity index (χ4v) is 3.44. The standard InChI is InChI=1S/C11H17N3OS2/c1-11(9(12)15,14-8-2-3-8)4-6-16-10-13-5-7-17-10/h5,7-8,14H,2-4,6H2,1H3,(H2,12,15). The van der Waals surface area contributed by atoms with Crippen LogP contribution in [0.5, 0.6) is 0 Å². The fourth-order valence-electron chi connectivity index (χ4n) is 1.57. The Bertz CT molecular complexity index is 378. The molecule has 1 heterocycles. The van der Waals surface area contributed by atoms with Crippen LogP contribution in [0.25, 0.3) is 0 Å². The molecule has 0 bridgehead atoms. The third-order valence-corrected chi connectivity index (χ3v) is 4.85. The van der Waals surface area contributed by atoms with Gasteiger partial charge in [-0.15, -0.1) is 11.3 Å². The Labute approximate surface area is 109 Å². The smallest absolute Gasteiger partial charge is 0.237 e. The van der Waals surface area contributed by atoms with Crippen molar-refractivity contribution < 1.29 is 4.79 Å². The first kappa shape index (κ1) is 12.9. The molecule has 1 saturated carbocycles. The van der Waals surface area contributed by atoms with Gasteiger partial charge in [0.1, 0.15) is 4.34 Å². The summed E-state index contributed by atoms with van der Waals surface area (Å²) in [5, 5.41) is 5.30. The van der Waals surface area contributed by atoms with Crippen LogP contribution >= 0.6 is 23.1 Å². The van der Waals surface area contributed by atoms with E-state index in [0.29, 0.717) is 6.04 Å². The van der Waals surface area contributed by atoms with Crippen LogP contribution in [0.1, 0.15) is 26.2 Å². The van der Waals surface area contributed by atoms with Crippen molar-refractivity contribution >= 4 is 29.0 Å². The second-order valence-corrected chi connectivity index (χ2v) is 6.75. The van der Waals surface area contributed by atoms with E-state index in [4.69, 9.17) is 5.73 Å². The number of rotatable bonds is 7. The van der Waals surface area contributed by atoms with E-state index in [1.807, 2.05) is 12.3 Å². The Morgan fingerprint density at radius 1 is 1.76 bits per heavy atom. The highest BCUT2D eigenvalue weighted by Crippen LogP contribution is 2.27. The van der Waals surface area contributed by atoms with Crippen molar-refractivity contribution in [3.63, 3.8) is 0 Å². The summed E-state index contributed by atoms with van der Waals surface area (Å²) < 4.78 is 1.04. The molecular formula is C11H17N3OS2. The molecule has 3 N–H and O–H groups in total. The predicted octanol–water partition coefficient (Wildman–Crippen LogP) is 1.62. The van der Waals surface area contributed by atoms with Crippen molar-refractivity contribution in [2.45, 2.75) is 42.1 Å². The van der Waals surface area contributed by atoms with Crippen molar-refractivity contribution in [2.75, 3.05) is 5.75 Å². The number of thiazole rings is 1. The van der Waals surface area contributed by atoms with Crippen LogP contribution in [-0.2, 0) is 4.79 Å². The summed E-state index contributed by atoms with van der Waals surface area (Å²) in [5.74, 6) is 0.594. The molecule has 1 aliphatic rings. The Balaban J connectivity index is 1.82. The van der Waals surface area contributed by atoms with Crippen molar-refractivity contribution in [3.8, 4) is 0 Å². The quantitative estimate of drug-likeness (QED) is 0.740. The maximum absolute atomic E-state index is 11.5. The summed E-state index contributed by atoms with van der Waals surface area (Å²) >= 11 is 3.30. The summed E-state index contributed by atoms with van der Waals surface area (Å²) in [4.78, 5) is 15.7. The highest BCUT2D eigenvalue weighted by Gasteiger charge is 2.36. The van der Waals surface area contributed by atoms with Gasteiger partial charge in [-0.25, -0.2) is 4.98 Å². The summed E-state index contributed by atoms with van der Waals surface area (Å²) in [7, 11) is 0. The number of nitrogens with two attached hydrogens (primary N) is 1. The number of carbonyl (C=O) groups excluding carboxylic acids is 1. The maximum atomic E-state index is 11.5. The summed E-state index contributed by atoms with van der Waals surface area (Å²) in [6, 6.07) is 0.484. The van der Waals surface area contributed by atoms with Gasteiger partial charge < -0.3 is 11.1 Å². The lowest BCUT2D eigenvalue weighted by Gasteiger charge is -2.27. The number of nitrogens with zero attached hydrogens (tertiary/aromatic N) is 1. The molecule has 6 heteroatoms. The molecular weight excluding hydrogens is 254 g/mol. The van der Waals surface area contributed by atoms with Gasteiger partial charge in [0, 0.05) is 23.4 Å². The second kappa shape index (κ2) is 5.37. The lowest BCUT2D eigenvalue weighted by molar-refractivity contribution is -0.124. The number of thioether (sulfide) groups is 1. The highest BCUT2D eigenvalue weighted by molar-refractivity contribution is 8.00. The van der Waals surface area contributed by atoms with Gasteiger partial charge in [0.2, 0.25) is 5.91 Å². The molecule has 17 heavy (non-hydrogen) atoms. The predicted molar refractivity (Wildman–Crippen MR) is 71.2 cm³/mol. The third kappa shape index (κ3) is 3.69. The largest absolute Gasteiger partial charge is 0.368 e. The van der Waals surface area contributed by atoms with Crippen LogP contribution in [0.4, 0.5) is 0 Å². The van der Waals surface area contributed by atoms with E-state index < -0.39 is 5.54 Å². The second-order valence-electron chi connectivity index (χ2n) is 4.51. The normalized spacial score (nSPS) is 18.9. The van der Waals surface area contributed by atoms with E-state index in [0.717, 1.165) is 29.4 Å². The van der Waals surface area contributed by atoms with Crippen molar-refractivity contribution in [2.24, 2.45) is 5.73 Å². The molecule has 1 fully saturated rings. The molecule has 2 rings (SSSR count). The van der Waals surface area contributed by atoms with Crippen LogP contribution in [0.3, 0.4) is 0 Å². The van der Waals surface area contributed by atoms with E-state index in [9.17, 15) is 4.79 Å². The van der Waals surface area contributed by atoms with Gasteiger partial charge in [-0.1, -0.05) is 11.8 Å². The lowest BCUT2D eigenvalue weighted by Crippen LogP contribution is -2.54. The van der Waals surface area contributed by atoms with Gasteiger partial charge in [0.05, 0.1) is 5.54 Å². The van der Waals surface area contributed by atoms with E-state index in [1.165, 1.54) is 0 Å². The summed E-state index contributed by atoms with van der Waals surface area (Å²) in [5.41, 5.74) is 4.90. The van der Waals surface area contributed by atoms with E-state index in [1.54, 1.807) is 29.3 Å². The zero-order valence-corrected chi connectivity index (χ0v) is 11.4. The van der Waals surface area contributed by atoms with Gasteiger partial charge >= 0.3 is 0 Å². The van der Waals surface area contributed by atoms with E-state index >= 15 is 0 Å². The van der Waals surface area contributed by atoms with Crippen LogP contribution in [0.15, 0.2) is 15.9 Å². The first-order valence-corrected chi connectivity index (χ1v) is 7.56. The van der Waals surface area contributed by atoms with Crippen LogP contribution < -0.4 is 11.1 Å². The number of primary amides is 1. The highest BCUT2D eigenvalue weighted by atomic mass is 32.2. The molecule has 1 unspecified atom stereocenters. The van der Waals surface area contributed by atoms with Gasteiger partial charge in [-0.3, -0.25) is 4.79 Å². The Morgan fingerprint density at radius 3 is 3.06 bits per heavy atom. The molecule has 94 valence electrons. The minimum atomic E-state index is -0.578. The Hall–Kier alpha value is -0.590. The number of hydrogen-bond donors (Lipinski definition) is 2. The average Bonchev–Trinajstić information content (AvgIpc) is 2.93. The first-order chi connectivity index (χ1) is 8.10. The Morgan fingerprint density at radius 2 is 2.53 bits per heavy atom.